The average molecular weight is 358 g/mol. The van der Waals surface area contributed by atoms with Gasteiger partial charge in [-0.05, 0) is 37.5 Å². The third kappa shape index (κ3) is 3.51. The van der Waals surface area contributed by atoms with Crippen LogP contribution in [0.5, 0.6) is 0 Å². The molecule has 3 heterocycles. The van der Waals surface area contributed by atoms with Gasteiger partial charge in [-0.3, -0.25) is 4.79 Å². The Balaban J connectivity index is 1.33. The molecule has 3 aliphatic rings. The Morgan fingerprint density at radius 1 is 1.04 bits per heavy atom. The molecule has 1 aliphatic carbocycles. The molecular weight excluding hydrogens is 326 g/mol. The minimum absolute atomic E-state index is 0.196. The van der Waals surface area contributed by atoms with E-state index in [4.69, 9.17) is 0 Å². The molecule has 2 aliphatic heterocycles. The van der Waals surface area contributed by atoms with Gasteiger partial charge in [-0.15, -0.1) is 0 Å². The molecule has 6 heteroatoms. The fourth-order valence-corrected chi connectivity index (χ4v) is 4.95. The predicted molar refractivity (Wildman–Crippen MR) is 103 cm³/mol. The van der Waals surface area contributed by atoms with E-state index in [-0.39, 0.29) is 5.92 Å². The van der Waals surface area contributed by atoms with Crippen molar-refractivity contribution in [3.63, 3.8) is 0 Å². The normalized spacial score (nSPS) is 26.7. The van der Waals surface area contributed by atoms with Crippen molar-refractivity contribution in [2.45, 2.75) is 38.5 Å². The number of likely N-dealkylation sites (tertiary alicyclic amines) is 1. The van der Waals surface area contributed by atoms with Crippen molar-refractivity contribution in [1.82, 2.24) is 14.9 Å². The van der Waals surface area contributed by atoms with Crippen molar-refractivity contribution in [1.29, 1.82) is 0 Å². The lowest BCUT2D eigenvalue weighted by molar-refractivity contribution is -0.135. The van der Waals surface area contributed by atoms with E-state index in [2.05, 4.69) is 19.8 Å². The van der Waals surface area contributed by atoms with Crippen LogP contribution in [0.4, 0.5) is 11.6 Å². The van der Waals surface area contributed by atoms with Crippen LogP contribution in [0, 0.1) is 17.8 Å². The number of carbonyl (C=O) groups is 1. The summed E-state index contributed by atoms with van der Waals surface area (Å²) >= 11 is 0. The van der Waals surface area contributed by atoms with Crippen LogP contribution in [0.25, 0.3) is 0 Å². The van der Waals surface area contributed by atoms with Crippen molar-refractivity contribution < 1.29 is 4.79 Å². The molecule has 1 saturated carbocycles. The zero-order valence-corrected chi connectivity index (χ0v) is 16.1. The van der Waals surface area contributed by atoms with Crippen molar-refractivity contribution in [2.75, 3.05) is 50.1 Å². The van der Waals surface area contributed by atoms with Gasteiger partial charge in [0.05, 0.1) is 0 Å². The first kappa shape index (κ1) is 17.6. The van der Waals surface area contributed by atoms with Gasteiger partial charge in [0.1, 0.15) is 18.0 Å². The van der Waals surface area contributed by atoms with Crippen molar-refractivity contribution >= 4 is 17.5 Å². The molecule has 0 N–H and O–H groups in total. The molecule has 0 aromatic carbocycles. The molecule has 2 unspecified atom stereocenters. The fraction of sp³-hybridized carbons (Fsp3) is 0.750. The molecule has 0 spiro atoms. The van der Waals surface area contributed by atoms with Crippen LogP contribution in [-0.4, -0.2) is 61.0 Å². The van der Waals surface area contributed by atoms with E-state index in [1.807, 2.05) is 25.1 Å². The monoisotopic (exact) mass is 357 g/mol. The second kappa shape index (κ2) is 7.41. The minimum Gasteiger partial charge on any atom is -0.363 e. The summed E-state index contributed by atoms with van der Waals surface area (Å²) in [5.41, 5.74) is 0. The first-order valence-corrected chi connectivity index (χ1v) is 10.1. The SMILES string of the molecule is CN(C)c1cc(N2CCC(C(=O)N3CC4CCCCC4C3)CC2)ncn1. The third-order valence-corrected chi connectivity index (χ3v) is 6.55. The first-order chi connectivity index (χ1) is 12.6. The summed E-state index contributed by atoms with van der Waals surface area (Å²) in [6, 6.07) is 2.04. The highest BCUT2D eigenvalue weighted by Gasteiger charge is 2.39. The number of piperidine rings is 1. The van der Waals surface area contributed by atoms with Crippen LogP contribution in [0.1, 0.15) is 38.5 Å². The van der Waals surface area contributed by atoms with Gasteiger partial charge in [-0.2, -0.15) is 0 Å². The van der Waals surface area contributed by atoms with Crippen molar-refractivity contribution in [3.05, 3.63) is 12.4 Å². The third-order valence-electron chi connectivity index (χ3n) is 6.55. The number of rotatable bonds is 3. The number of nitrogens with zero attached hydrogens (tertiary/aromatic N) is 5. The number of carbonyl (C=O) groups excluding carboxylic acids is 1. The predicted octanol–water partition coefficient (Wildman–Crippen LogP) is 2.41. The van der Waals surface area contributed by atoms with Crippen LogP contribution in [0.15, 0.2) is 12.4 Å². The Morgan fingerprint density at radius 3 is 2.31 bits per heavy atom. The Hall–Kier alpha value is -1.85. The maximum Gasteiger partial charge on any atom is 0.225 e. The Labute approximate surface area is 156 Å². The zero-order valence-electron chi connectivity index (χ0n) is 16.1. The molecule has 6 nitrogen and oxygen atoms in total. The smallest absolute Gasteiger partial charge is 0.225 e. The fourth-order valence-electron chi connectivity index (χ4n) is 4.95. The molecule has 3 fully saturated rings. The Bertz CT molecular complexity index is 627. The van der Waals surface area contributed by atoms with Gasteiger partial charge in [0, 0.05) is 52.3 Å². The van der Waals surface area contributed by atoms with E-state index in [1.165, 1.54) is 25.7 Å². The summed E-state index contributed by atoms with van der Waals surface area (Å²) in [5, 5.41) is 0. The molecule has 1 amide bonds. The van der Waals surface area contributed by atoms with E-state index < -0.39 is 0 Å². The van der Waals surface area contributed by atoms with Crippen molar-refractivity contribution in [2.24, 2.45) is 17.8 Å². The Morgan fingerprint density at radius 2 is 1.69 bits per heavy atom. The molecule has 0 bridgehead atoms. The van der Waals surface area contributed by atoms with Gasteiger partial charge in [0.25, 0.3) is 0 Å². The number of fused-ring (bicyclic) bond motifs is 1. The number of amides is 1. The second-order valence-electron chi connectivity index (χ2n) is 8.44. The zero-order chi connectivity index (χ0) is 18.1. The maximum atomic E-state index is 13.0. The number of aromatic nitrogens is 2. The maximum absolute atomic E-state index is 13.0. The minimum atomic E-state index is 0.196. The van der Waals surface area contributed by atoms with Crippen LogP contribution in [-0.2, 0) is 4.79 Å². The van der Waals surface area contributed by atoms with Crippen LogP contribution < -0.4 is 9.80 Å². The quantitative estimate of drug-likeness (QED) is 0.831. The number of hydrogen-bond acceptors (Lipinski definition) is 5. The van der Waals surface area contributed by atoms with Gasteiger partial charge in [0.2, 0.25) is 5.91 Å². The lowest BCUT2D eigenvalue weighted by Crippen LogP contribution is -2.42. The topological polar surface area (TPSA) is 52.6 Å². The standard InChI is InChI=1S/C20H31N5O/c1-23(2)18-11-19(22-14-21-18)24-9-7-15(8-10-24)20(26)25-12-16-5-3-4-6-17(16)13-25/h11,14-17H,3-10,12-13H2,1-2H3. The lowest BCUT2D eigenvalue weighted by atomic mass is 9.82. The van der Waals surface area contributed by atoms with Gasteiger partial charge in [0.15, 0.2) is 0 Å². The van der Waals surface area contributed by atoms with Gasteiger partial charge in [-0.1, -0.05) is 12.8 Å². The largest absolute Gasteiger partial charge is 0.363 e. The summed E-state index contributed by atoms with van der Waals surface area (Å²) < 4.78 is 0. The highest BCUT2D eigenvalue weighted by atomic mass is 16.2. The molecular formula is C20H31N5O. The highest BCUT2D eigenvalue weighted by molar-refractivity contribution is 5.79. The van der Waals surface area contributed by atoms with Gasteiger partial charge >= 0.3 is 0 Å². The Kier molecular flexibility index (Phi) is 5.00. The molecule has 4 rings (SSSR count). The highest BCUT2D eigenvalue weighted by Crippen LogP contribution is 2.37. The second-order valence-corrected chi connectivity index (χ2v) is 8.44. The number of hydrogen-bond donors (Lipinski definition) is 0. The van der Waals surface area contributed by atoms with E-state index in [9.17, 15) is 4.79 Å². The molecule has 0 radical (unpaired) electrons. The number of anilines is 2. The first-order valence-electron chi connectivity index (χ1n) is 10.1. The lowest BCUT2D eigenvalue weighted by Gasteiger charge is -2.34. The molecule has 2 saturated heterocycles. The van der Waals surface area contributed by atoms with Crippen LogP contribution in [0.2, 0.25) is 0 Å². The van der Waals surface area contributed by atoms with E-state index in [0.29, 0.717) is 5.91 Å². The summed E-state index contributed by atoms with van der Waals surface area (Å²) in [5.74, 6) is 4.06. The molecule has 1 aromatic heterocycles. The van der Waals surface area contributed by atoms with Crippen LogP contribution >= 0.6 is 0 Å². The van der Waals surface area contributed by atoms with Crippen molar-refractivity contribution in [3.8, 4) is 0 Å². The van der Waals surface area contributed by atoms with Gasteiger partial charge in [-0.25, -0.2) is 9.97 Å². The van der Waals surface area contributed by atoms with E-state index in [0.717, 1.165) is 62.5 Å². The van der Waals surface area contributed by atoms with E-state index >= 15 is 0 Å². The van der Waals surface area contributed by atoms with E-state index in [1.54, 1.807) is 6.33 Å². The summed E-state index contributed by atoms with van der Waals surface area (Å²) in [6.45, 7) is 3.84. The van der Waals surface area contributed by atoms with Crippen LogP contribution in [0.3, 0.4) is 0 Å². The molecule has 142 valence electrons. The average Bonchev–Trinajstić information content (AvgIpc) is 3.12. The summed E-state index contributed by atoms with van der Waals surface area (Å²) in [7, 11) is 3.98. The van der Waals surface area contributed by atoms with Gasteiger partial charge < -0.3 is 14.7 Å². The molecule has 2 atom stereocenters. The molecule has 26 heavy (non-hydrogen) atoms. The molecule has 1 aromatic rings. The summed E-state index contributed by atoms with van der Waals surface area (Å²) in [4.78, 5) is 28.2. The summed E-state index contributed by atoms with van der Waals surface area (Å²) in [6.07, 6.45) is 8.88.